The molecule has 2 aliphatic heterocycles. The summed E-state index contributed by atoms with van der Waals surface area (Å²) in [6.07, 6.45) is 5.26. The zero-order chi connectivity index (χ0) is 18.9. The average molecular weight is 362 g/mol. The van der Waals surface area contributed by atoms with Gasteiger partial charge in [0.25, 0.3) is 5.91 Å². The maximum absolute atomic E-state index is 13.0. The van der Waals surface area contributed by atoms with Crippen LogP contribution in [-0.4, -0.2) is 54.5 Å². The fourth-order valence-electron chi connectivity index (χ4n) is 4.89. The van der Waals surface area contributed by atoms with Gasteiger partial charge in [-0.25, -0.2) is 4.79 Å². The van der Waals surface area contributed by atoms with Crippen molar-refractivity contribution >= 4 is 17.8 Å². The van der Waals surface area contributed by atoms with Gasteiger partial charge in [0.2, 0.25) is 5.91 Å². The Bertz CT molecular complexity index is 643. The summed E-state index contributed by atoms with van der Waals surface area (Å²) in [5, 5.41) is 8.95. The number of urea groups is 1. The fourth-order valence-corrected chi connectivity index (χ4v) is 4.89. The Morgan fingerprint density at radius 1 is 1.35 bits per heavy atom. The van der Waals surface area contributed by atoms with E-state index < -0.39 is 11.6 Å². The van der Waals surface area contributed by atoms with Crippen molar-refractivity contribution in [2.75, 3.05) is 26.2 Å². The van der Waals surface area contributed by atoms with Crippen molar-refractivity contribution in [2.24, 2.45) is 11.3 Å². The first kappa shape index (κ1) is 18.9. The molecule has 2 heterocycles. The molecule has 0 radical (unpaired) electrons. The van der Waals surface area contributed by atoms with Crippen LogP contribution in [0, 0.1) is 11.3 Å². The number of nitrogens with zero attached hydrogens (tertiary/aromatic N) is 1. The molecule has 2 atom stereocenters. The van der Waals surface area contributed by atoms with E-state index >= 15 is 0 Å². The molecule has 26 heavy (non-hydrogen) atoms. The topological polar surface area (TPSA) is 90.5 Å². The van der Waals surface area contributed by atoms with Gasteiger partial charge in [0.05, 0.1) is 0 Å². The van der Waals surface area contributed by atoms with Crippen molar-refractivity contribution in [3.05, 3.63) is 11.6 Å². The van der Waals surface area contributed by atoms with Gasteiger partial charge in [0.1, 0.15) is 12.1 Å². The molecule has 0 aromatic carbocycles. The predicted octanol–water partition coefficient (Wildman–Crippen LogP) is 1.16. The summed E-state index contributed by atoms with van der Waals surface area (Å²) in [7, 11) is 0. The highest BCUT2D eigenvalue weighted by atomic mass is 16.2. The van der Waals surface area contributed by atoms with Gasteiger partial charge in [-0.05, 0) is 43.6 Å². The molecule has 4 amide bonds. The maximum Gasteiger partial charge on any atom is 0.325 e. The van der Waals surface area contributed by atoms with Crippen LogP contribution in [0.25, 0.3) is 0 Å². The Labute approximate surface area is 154 Å². The van der Waals surface area contributed by atoms with Gasteiger partial charge in [-0.1, -0.05) is 32.4 Å². The Morgan fingerprint density at radius 2 is 2.12 bits per heavy atom. The molecule has 1 saturated carbocycles. The second-order valence-corrected chi connectivity index (χ2v) is 8.85. The van der Waals surface area contributed by atoms with E-state index in [0.29, 0.717) is 25.3 Å². The first-order chi connectivity index (χ1) is 12.2. The lowest BCUT2D eigenvalue weighted by Gasteiger charge is -2.43. The van der Waals surface area contributed by atoms with E-state index in [1.54, 1.807) is 0 Å². The van der Waals surface area contributed by atoms with Gasteiger partial charge in [0.15, 0.2) is 0 Å². The number of nitrogens with one attached hydrogen (secondary N) is 3. The van der Waals surface area contributed by atoms with Crippen LogP contribution < -0.4 is 16.0 Å². The molecular weight excluding hydrogens is 332 g/mol. The molecule has 3 rings (SSSR count). The van der Waals surface area contributed by atoms with Crippen LogP contribution in [0.3, 0.4) is 0 Å². The highest BCUT2D eigenvalue weighted by Gasteiger charge is 2.56. The molecule has 3 N–H and O–H groups in total. The quantitative estimate of drug-likeness (QED) is 0.517. The predicted molar refractivity (Wildman–Crippen MR) is 98.4 cm³/mol. The summed E-state index contributed by atoms with van der Waals surface area (Å²) < 4.78 is 0. The monoisotopic (exact) mass is 362 g/mol. The van der Waals surface area contributed by atoms with E-state index in [2.05, 4.69) is 42.8 Å². The summed E-state index contributed by atoms with van der Waals surface area (Å²) >= 11 is 0. The minimum absolute atomic E-state index is 0.0135. The van der Waals surface area contributed by atoms with Gasteiger partial charge in [-0.2, -0.15) is 0 Å². The molecule has 1 aliphatic carbocycles. The van der Waals surface area contributed by atoms with Gasteiger partial charge < -0.3 is 16.0 Å². The Hall–Kier alpha value is -1.89. The maximum atomic E-state index is 13.0. The molecule has 1 spiro atoms. The number of carbonyl (C=O) groups is 3. The van der Waals surface area contributed by atoms with Crippen LogP contribution in [0.15, 0.2) is 11.6 Å². The molecule has 7 nitrogen and oxygen atoms in total. The number of rotatable bonds is 4. The molecular formula is C19H30N4O3. The van der Waals surface area contributed by atoms with Crippen molar-refractivity contribution in [1.29, 1.82) is 0 Å². The molecule has 7 heteroatoms. The molecule has 144 valence electrons. The van der Waals surface area contributed by atoms with Crippen LogP contribution >= 0.6 is 0 Å². The van der Waals surface area contributed by atoms with Gasteiger partial charge >= 0.3 is 6.03 Å². The molecule has 3 aliphatic rings. The van der Waals surface area contributed by atoms with E-state index in [9.17, 15) is 14.4 Å². The van der Waals surface area contributed by atoms with E-state index in [4.69, 9.17) is 0 Å². The van der Waals surface area contributed by atoms with Gasteiger partial charge in [-0.15, -0.1) is 0 Å². The molecule has 2 fully saturated rings. The van der Waals surface area contributed by atoms with Crippen LogP contribution in [0.4, 0.5) is 4.79 Å². The summed E-state index contributed by atoms with van der Waals surface area (Å²) in [6.45, 7) is 8.36. The van der Waals surface area contributed by atoms with Gasteiger partial charge in [0, 0.05) is 13.1 Å². The molecule has 0 aromatic rings. The van der Waals surface area contributed by atoms with E-state index in [-0.39, 0.29) is 23.8 Å². The lowest BCUT2D eigenvalue weighted by molar-refractivity contribution is -0.137. The van der Waals surface area contributed by atoms with Crippen molar-refractivity contribution in [2.45, 2.75) is 52.0 Å². The number of carbonyl (C=O) groups excluding carboxylic acids is 3. The van der Waals surface area contributed by atoms with Crippen LogP contribution in [-0.2, 0) is 9.59 Å². The second kappa shape index (κ2) is 7.02. The minimum Gasteiger partial charge on any atom is -0.351 e. The third-order valence-electron chi connectivity index (χ3n) is 5.60. The van der Waals surface area contributed by atoms with Crippen molar-refractivity contribution in [3.8, 4) is 0 Å². The number of imide groups is 1. The molecule has 1 saturated heterocycles. The fraction of sp³-hybridized carbons (Fsp3) is 0.737. The Kier molecular flexibility index (Phi) is 5.10. The highest BCUT2D eigenvalue weighted by Crippen LogP contribution is 2.46. The largest absolute Gasteiger partial charge is 0.351 e. The first-order valence-corrected chi connectivity index (χ1v) is 9.50. The third kappa shape index (κ3) is 3.92. The number of amides is 4. The minimum atomic E-state index is -0.851. The third-order valence-corrected chi connectivity index (χ3v) is 5.60. The summed E-state index contributed by atoms with van der Waals surface area (Å²) in [5.74, 6) is -0.199. The SMILES string of the molecule is CC1CC(C)(C)CC2(C1)NC(=O)N(CC(=O)NCC1=CCNCC1)C2=O. The Morgan fingerprint density at radius 3 is 2.77 bits per heavy atom. The van der Waals surface area contributed by atoms with Crippen molar-refractivity contribution in [1.82, 2.24) is 20.9 Å². The smallest absolute Gasteiger partial charge is 0.325 e. The molecule has 2 unspecified atom stereocenters. The summed E-state index contributed by atoms with van der Waals surface area (Å²) in [4.78, 5) is 38.8. The molecule has 0 bridgehead atoms. The number of hydrogen-bond acceptors (Lipinski definition) is 4. The van der Waals surface area contributed by atoms with Gasteiger partial charge in [-0.3, -0.25) is 14.5 Å². The van der Waals surface area contributed by atoms with Crippen LogP contribution in [0.5, 0.6) is 0 Å². The normalized spacial score (nSPS) is 31.0. The average Bonchev–Trinajstić information content (AvgIpc) is 2.75. The standard InChI is InChI=1S/C19H30N4O3/c1-13-8-18(2,3)12-19(9-13)16(25)23(17(26)22-19)11-15(24)21-10-14-4-6-20-7-5-14/h4,13,20H,5-12H2,1-3H3,(H,21,24)(H,22,26). The van der Waals surface area contributed by atoms with Crippen LogP contribution in [0.2, 0.25) is 0 Å². The van der Waals surface area contributed by atoms with E-state index in [1.807, 2.05) is 0 Å². The summed E-state index contributed by atoms with van der Waals surface area (Å²) in [6, 6.07) is -0.448. The summed E-state index contributed by atoms with van der Waals surface area (Å²) in [5.41, 5.74) is 0.310. The van der Waals surface area contributed by atoms with Crippen LogP contribution in [0.1, 0.15) is 46.5 Å². The zero-order valence-electron chi connectivity index (χ0n) is 16.0. The zero-order valence-corrected chi connectivity index (χ0v) is 16.0. The van der Waals surface area contributed by atoms with Crippen molar-refractivity contribution in [3.63, 3.8) is 0 Å². The van der Waals surface area contributed by atoms with E-state index in [0.717, 1.165) is 30.8 Å². The molecule has 0 aromatic heterocycles. The van der Waals surface area contributed by atoms with E-state index in [1.165, 1.54) is 5.57 Å². The van der Waals surface area contributed by atoms with Crippen molar-refractivity contribution < 1.29 is 14.4 Å². The number of hydrogen-bond donors (Lipinski definition) is 3. The first-order valence-electron chi connectivity index (χ1n) is 9.50. The highest BCUT2D eigenvalue weighted by molar-refractivity contribution is 6.09. The lowest BCUT2D eigenvalue weighted by atomic mass is 9.64. The lowest BCUT2D eigenvalue weighted by Crippen LogP contribution is -2.54. The second-order valence-electron chi connectivity index (χ2n) is 8.85. The Balaban J connectivity index is 1.62.